The van der Waals surface area contributed by atoms with Gasteiger partial charge in [-0.1, -0.05) is 0 Å². The van der Waals surface area contributed by atoms with Gasteiger partial charge in [0.15, 0.2) is 0 Å². The molecule has 20 heavy (non-hydrogen) atoms. The molecule has 3 rings (SSSR count). The summed E-state index contributed by atoms with van der Waals surface area (Å²) < 4.78 is 5.72. The fourth-order valence-electron chi connectivity index (χ4n) is 3.61. The van der Waals surface area contributed by atoms with Crippen LogP contribution in [0, 0.1) is 5.92 Å². The highest BCUT2D eigenvalue weighted by atomic mass is 16.5. The maximum absolute atomic E-state index is 12.9. The van der Waals surface area contributed by atoms with E-state index < -0.39 is 5.54 Å². The zero-order valence-corrected chi connectivity index (χ0v) is 12.6. The SMILES string of the molecule is CC1(C)CC(N2CC(=O)NC(C)(C3CC3)C2=O)CCO1. The number of hydrogen-bond donors (Lipinski definition) is 1. The summed E-state index contributed by atoms with van der Waals surface area (Å²) in [5, 5.41) is 2.93. The van der Waals surface area contributed by atoms with Gasteiger partial charge in [-0.05, 0) is 52.4 Å². The second kappa shape index (κ2) is 4.45. The van der Waals surface area contributed by atoms with Crippen LogP contribution in [0.25, 0.3) is 0 Å². The third-order valence-corrected chi connectivity index (χ3v) is 4.92. The minimum Gasteiger partial charge on any atom is -0.375 e. The van der Waals surface area contributed by atoms with Gasteiger partial charge in [0, 0.05) is 12.6 Å². The number of nitrogens with zero attached hydrogens (tertiary/aromatic N) is 1. The first-order valence-electron chi connectivity index (χ1n) is 7.58. The van der Waals surface area contributed by atoms with Crippen molar-refractivity contribution < 1.29 is 14.3 Å². The largest absolute Gasteiger partial charge is 0.375 e. The molecule has 3 fully saturated rings. The van der Waals surface area contributed by atoms with Crippen LogP contribution >= 0.6 is 0 Å². The second-order valence-electron chi connectivity index (χ2n) is 7.21. The van der Waals surface area contributed by atoms with Gasteiger partial charge in [0.05, 0.1) is 12.1 Å². The van der Waals surface area contributed by atoms with Crippen LogP contribution in [0.5, 0.6) is 0 Å². The van der Waals surface area contributed by atoms with Crippen LogP contribution in [0.1, 0.15) is 46.5 Å². The molecule has 112 valence electrons. The van der Waals surface area contributed by atoms with Crippen LogP contribution in [0.3, 0.4) is 0 Å². The van der Waals surface area contributed by atoms with Crippen LogP contribution in [0.15, 0.2) is 0 Å². The van der Waals surface area contributed by atoms with Crippen molar-refractivity contribution in [1.29, 1.82) is 0 Å². The summed E-state index contributed by atoms with van der Waals surface area (Å²) in [6.07, 6.45) is 3.70. The highest BCUT2D eigenvalue weighted by molar-refractivity contribution is 5.98. The van der Waals surface area contributed by atoms with E-state index in [1.807, 2.05) is 20.8 Å². The van der Waals surface area contributed by atoms with Crippen LogP contribution in [0.4, 0.5) is 0 Å². The molecule has 3 aliphatic rings. The van der Waals surface area contributed by atoms with Crippen molar-refractivity contribution in [2.75, 3.05) is 13.2 Å². The fourth-order valence-corrected chi connectivity index (χ4v) is 3.61. The monoisotopic (exact) mass is 280 g/mol. The summed E-state index contributed by atoms with van der Waals surface area (Å²) in [6, 6.07) is 0.121. The van der Waals surface area contributed by atoms with Crippen LogP contribution in [0.2, 0.25) is 0 Å². The van der Waals surface area contributed by atoms with Crippen molar-refractivity contribution >= 4 is 11.8 Å². The molecule has 0 radical (unpaired) electrons. The highest BCUT2D eigenvalue weighted by Gasteiger charge is 2.54. The van der Waals surface area contributed by atoms with E-state index in [2.05, 4.69) is 5.32 Å². The summed E-state index contributed by atoms with van der Waals surface area (Å²) >= 11 is 0. The summed E-state index contributed by atoms with van der Waals surface area (Å²) in [7, 11) is 0. The Hall–Kier alpha value is -1.10. The maximum Gasteiger partial charge on any atom is 0.249 e. The molecule has 2 heterocycles. The Bertz CT molecular complexity index is 444. The molecule has 0 aromatic heterocycles. The van der Waals surface area contributed by atoms with Gasteiger partial charge >= 0.3 is 0 Å². The summed E-state index contributed by atoms with van der Waals surface area (Å²) in [5.41, 5.74) is -0.898. The van der Waals surface area contributed by atoms with Gasteiger partial charge in [-0.15, -0.1) is 0 Å². The quantitative estimate of drug-likeness (QED) is 0.823. The Morgan fingerprint density at radius 1 is 1.20 bits per heavy atom. The van der Waals surface area contributed by atoms with Crippen molar-refractivity contribution in [3.05, 3.63) is 0 Å². The van der Waals surface area contributed by atoms with Crippen molar-refractivity contribution in [2.45, 2.75) is 63.6 Å². The smallest absolute Gasteiger partial charge is 0.249 e. The van der Waals surface area contributed by atoms with E-state index in [1.165, 1.54) is 0 Å². The van der Waals surface area contributed by atoms with Crippen LogP contribution < -0.4 is 5.32 Å². The topological polar surface area (TPSA) is 58.6 Å². The Labute approximate surface area is 120 Å². The number of nitrogens with one attached hydrogen (secondary N) is 1. The van der Waals surface area contributed by atoms with Crippen LogP contribution in [-0.2, 0) is 14.3 Å². The number of piperazine rings is 1. The van der Waals surface area contributed by atoms with E-state index in [1.54, 1.807) is 4.90 Å². The van der Waals surface area contributed by atoms with E-state index in [0.29, 0.717) is 12.5 Å². The van der Waals surface area contributed by atoms with E-state index in [-0.39, 0.29) is 30.0 Å². The average Bonchev–Trinajstić information content (AvgIpc) is 3.16. The second-order valence-corrected chi connectivity index (χ2v) is 7.21. The average molecular weight is 280 g/mol. The van der Waals surface area contributed by atoms with Crippen LogP contribution in [-0.4, -0.2) is 47.0 Å². The number of carbonyl (C=O) groups excluding carboxylic acids is 2. The molecule has 0 aromatic rings. The van der Waals surface area contributed by atoms with Crippen molar-refractivity contribution in [3.8, 4) is 0 Å². The molecule has 1 saturated carbocycles. The lowest BCUT2D eigenvalue weighted by Crippen LogP contribution is -2.68. The molecule has 0 aromatic carbocycles. The third kappa shape index (κ3) is 2.32. The van der Waals surface area contributed by atoms with Crippen molar-refractivity contribution in [1.82, 2.24) is 10.2 Å². The number of hydrogen-bond acceptors (Lipinski definition) is 3. The van der Waals surface area contributed by atoms with Gasteiger partial charge < -0.3 is 15.0 Å². The molecule has 1 N–H and O–H groups in total. The number of carbonyl (C=O) groups is 2. The molecule has 2 atom stereocenters. The summed E-state index contributed by atoms with van der Waals surface area (Å²) in [4.78, 5) is 26.7. The summed E-state index contributed by atoms with van der Waals surface area (Å²) in [6.45, 7) is 6.84. The molecule has 2 amide bonds. The first kappa shape index (κ1) is 13.9. The predicted molar refractivity (Wildman–Crippen MR) is 74.0 cm³/mol. The molecule has 0 bridgehead atoms. The predicted octanol–water partition coefficient (Wildman–Crippen LogP) is 1.07. The van der Waals surface area contributed by atoms with E-state index >= 15 is 0 Å². The third-order valence-electron chi connectivity index (χ3n) is 4.92. The van der Waals surface area contributed by atoms with Gasteiger partial charge in [-0.3, -0.25) is 9.59 Å². The molecule has 5 heteroatoms. The number of rotatable bonds is 2. The highest BCUT2D eigenvalue weighted by Crippen LogP contribution is 2.42. The minimum absolute atomic E-state index is 0.0247. The lowest BCUT2D eigenvalue weighted by Gasteiger charge is -2.47. The normalized spacial score (nSPS) is 37.8. The summed E-state index contributed by atoms with van der Waals surface area (Å²) in [5.74, 6) is 0.389. The fraction of sp³-hybridized carbons (Fsp3) is 0.867. The molecule has 1 aliphatic carbocycles. The lowest BCUT2D eigenvalue weighted by molar-refractivity contribution is -0.158. The zero-order valence-electron chi connectivity index (χ0n) is 12.6. The molecular weight excluding hydrogens is 256 g/mol. The van der Waals surface area contributed by atoms with Crippen molar-refractivity contribution in [3.63, 3.8) is 0 Å². The van der Waals surface area contributed by atoms with Gasteiger partial charge in [-0.25, -0.2) is 0 Å². The maximum atomic E-state index is 12.9. The molecule has 5 nitrogen and oxygen atoms in total. The molecule has 0 spiro atoms. The van der Waals surface area contributed by atoms with E-state index in [0.717, 1.165) is 25.7 Å². The first-order valence-corrected chi connectivity index (χ1v) is 7.58. The van der Waals surface area contributed by atoms with Gasteiger partial charge in [0.25, 0.3) is 0 Å². The standard InChI is InChI=1S/C15H24N2O3/c1-14(2)8-11(6-7-20-14)17-9-12(18)16-15(3,13(17)19)10-4-5-10/h10-11H,4-9H2,1-3H3,(H,16,18). The molecule has 2 saturated heterocycles. The number of ether oxygens (including phenoxy) is 1. The Morgan fingerprint density at radius 2 is 1.90 bits per heavy atom. The Balaban J connectivity index is 1.81. The number of amides is 2. The van der Waals surface area contributed by atoms with Crippen molar-refractivity contribution in [2.24, 2.45) is 5.92 Å². The Kier molecular flexibility index (Phi) is 3.08. The lowest BCUT2D eigenvalue weighted by atomic mass is 9.87. The minimum atomic E-state index is -0.683. The van der Waals surface area contributed by atoms with Gasteiger partial charge in [0.1, 0.15) is 5.54 Å². The molecular formula is C15H24N2O3. The van der Waals surface area contributed by atoms with Gasteiger partial charge in [0.2, 0.25) is 11.8 Å². The van der Waals surface area contributed by atoms with E-state index in [9.17, 15) is 9.59 Å². The zero-order chi connectivity index (χ0) is 14.5. The van der Waals surface area contributed by atoms with Gasteiger partial charge in [-0.2, -0.15) is 0 Å². The Morgan fingerprint density at radius 3 is 2.50 bits per heavy atom. The molecule has 2 unspecified atom stereocenters. The first-order chi connectivity index (χ1) is 9.32. The van der Waals surface area contributed by atoms with E-state index in [4.69, 9.17) is 4.74 Å². The molecule has 2 aliphatic heterocycles.